The molecule has 1 aromatic carbocycles. The first kappa shape index (κ1) is 14.8. The summed E-state index contributed by atoms with van der Waals surface area (Å²) in [6.07, 6.45) is 3.71. The third kappa shape index (κ3) is 4.20. The molecule has 3 nitrogen and oxygen atoms in total. The molecule has 0 unspecified atom stereocenters. The van der Waals surface area contributed by atoms with E-state index >= 15 is 0 Å². The summed E-state index contributed by atoms with van der Waals surface area (Å²) in [5, 5.41) is 9.39. The molecule has 2 rings (SSSR count). The predicted octanol–water partition coefficient (Wildman–Crippen LogP) is 3.11. The number of halogens is 1. The van der Waals surface area contributed by atoms with Gasteiger partial charge in [0.05, 0.1) is 13.2 Å². The molecule has 0 bridgehead atoms. The number of aryl methyl sites for hydroxylation is 1. The Kier molecular flexibility index (Phi) is 5.67. The molecule has 0 spiro atoms. The second-order valence-corrected chi connectivity index (χ2v) is 6.04. The number of likely N-dealkylation sites (tertiary alicyclic amines) is 1. The van der Waals surface area contributed by atoms with E-state index in [0.717, 1.165) is 34.3 Å². The zero-order valence-electron chi connectivity index (χ0n) is 11.5. The van der Waals surface area contributed by atoms with Gasteiger partial charge in [0.25, 0.3) is 0 Å². The van der Waals surface area contributed by atoms with Crippen molar-refractivity contribution in [3.8, 4) is 5.75 Å². The fourth-order valence-corrected chi connectivity index (χ4v) is 3.21. The Morgan fingerprint density at radius 1 is 1.32 bits per heavy atom. The average molecular weight is 328 g/mol. The number of hydrogen-bond acceptors (Lipinski definition) is 3. The van der Waals surface area contributed by atoms with Crippen molar-refractivity contribution in [2.75, 3.05) is 26.2 Å². The lowest BCUT2D eigenvalue weighted by Crippen LogP contribution is -2.22. The number of hydrogen-bond donors (Lipinski definition) is 1. The van der Waals surface area contributed by atoms with Gasteiger partial charge in [0.1, 0.15) is 5.75 Å². The van der Waals surface area contributed by atoms with Gasteiger partial charge in [-0.15, -0.1) is 0 Å². The minimum atomic E-state index is 0.0156. The highest BCUT2D eigenvalue weighted by atomic mass is 79.9. The minimum Gasteiger partial charge on any atom is -0.493 e. The smallest absolute Gasteiger partial charge is 0.127 e. The summed E-state index contributed by atoms with van der Waals surface area (Å²) in [6, 6.07) is 3.94. The molecule has 4 heteroatoms. The van der Waals surface area contributed by atoms with Gasteiger partial charge in [0, 0.05) is 16.6 Å². The summed E-state index contributed by atoms with van der Waals surface area (Å²) in [7, 11) is 0. The van der Waals surface area contributed by atoms with Gasteiger partial charge >= 0.3 is 0 Å². The predicted molar refractivity (Wildman–Crippen MR) is 80.6 cm³/mol. The number of aliphatic hydroxyl groups is 1. The number of ether oxygens (including phenoxy) is 1. The molecule has 1 aliphatic heterocycles. The minimum absolute atomic E-state index is 0.0156. The van der Waals surface area contributed by atoms with Crippen LogP contribution in [0.3, 0.4) is 0 Å². The van der Waals surface area contributed by atoms with E-state index in [1.807, 2.05) is 19.1 Å². The summed E-state index contributed by atoms with van der Waals surface area (Å²) in [5.41, 5.74) is 1.92. The molecule has 106 valence electrons. The van der Waals surface area contributed by atoms with E-state index in [0.29, 0.717) is 6.61 Å². The molecule has 19 heavy (non-hydrogen) atoms. The van der Waals surface area contributed by atoms with Gasteiger partial charge < -0.3 is 14.7 Å². The molecule has 0 radical (unpaired) electrons. The quantitative estimate of drug-likeness (QED) is 0.815. The maximum absolute atomic E-state index is 9.39. The van der Waals surface area contributed by atoms with Crippen molar-refractivity contribution in [3.05, 3.63) is 27.7 Å². The van der Waals surface area contributed by atoms with Gasteiger partial charge in [-0.05, 0) is 57.0 Å². The Morgan fingerprint density at radius 2 is 2.05 bits per heavy atom. The fraction of sp³-hybridized carbons (Fsp3) is 0.600. The van der Waals surface area contributed by atoms with Gasteiger partial charge in [-0.2, -0.15) is 0 Å². The number of aliphatic hydroxyl groups excluding tert-OH is 1. The van der Waals surface area contributed by atoms with Gasteiger partial charge in [0.15, 0.2) is 0 Å². The maximum atomic E-state index is 9.39. The van der Waals surface area contributed by atoms with Gasteiger partial charge in [-0.1, -0.05) is 15.9 Å². The molecule has 1 saturated heterocycles. The van der Waals surface area contributed by atoms with Crippen molar-refractivity contribution in [1.29, 1.82) is 0 Å². The van der Waals surface area contributed by atoms with Crippen molar-refractivity contribution < 1.29 is 9.84 Å². The van der Waals surface area contributed by atoms with Crippen molar-refractivity contribution in [2.45, 2.75) is 32.8 Å². The number of benzene rings is 1. The monoisotopic (exact) mass is 327 g/mol. The topological polar surface area (TPSA) is 32.7 Å². The third-order valence-electron chi connectivity index (χ3n) is 3.55. The molecule has 0 aliphatic carbocycles. The van der Waals surface area contributed by atoms with Crippen LogP contribution in [-0.2, 0) is 6.61 Å². The van der Waals surface area contributed by atoms with Crippen LogP contribution < -0.4 is 4.74 Å². The maximum Gasteiger partial charge on any atom is 0.127 e. The van der Waals surface area contributed by atoms with E-state index in [1.54, 1.807) is 0 Å². The lowest BCUT2D eigenvalue weighted by molar-refractivity contribution is 0.245. The molecule has 0 amide bonds. The highest BCUT2D eigenvalue weighted by Gasteiger charge is 2.11. The zero-order chi connectivity index (χ0) is 13.7. The Balaban J connectivity index is 1.84. The summed E-state index contributed by atoms with van der Waals surface area (Å²) < 4.78 is 6.85. The largest absolute Gasteiger partial charge is 0.493 e. The van der Waals surface area contributed by atoms with E-state index < -0.39 is 0 Å². The molecular weight excluding hydrogens is 306 g/mol. The van der Waals surface area contributed by atoms with Gasteiger partial charge in [-0.25, -0.2) is 0 Å². The van der Waals surface area contributed by atoms with Gasteiger partial charge in [0.2, 0.25) is 0 Å². The van der Waals surface area contributed by atoms with Crippen LogP contribution in [0.5, 0.6) is 5.75 Å². The van der Waals surface area contributed by atoms with Crippen LogP contribution in [0.4, 0.5) is 0 Å². The van der Waals surface area contributed by atoms with Crippen LogP contribution in [-0.4, -0.2) is 36.2 Å². The first-order chi connectivity index (χ1) is 9.20. The fourth-order valence-electron chi connectivity index (χ4n) is 2.59. The van der Waals surface area contributed by atoms with Gasteiger partial charge in [-0.3, -0.25) is 0 Å². The second-order valence-electron chi connectivity index (χ2n) is 5.12. The Morgan fingerprint density at radius 3 is 2.74 bits per heavy atom. The van der Waals surface area contributed by atoms with Crippen molar-refractivity contribution >= 4 is 15.9 Å². The SMILES string of the molecule is Cc1cc(Br)cc(CO)c1OCCCN1CCCC1. The first-order valence-corrected chi connectivity index (χ1v) is 7.75. The summed E-state index contributed by atoms with van der Waals surface area (Å²) >= 11 is 3.44. The van der Waals surface area contributed by atoms with E-state index in [4.69, 9.17) is 4.74 Å². The Hall–Kier alpha value is -0.580. The second kappa shape index (κ2) is 7.27. The van der Waals surface area contributed by atoms with E-state index in [-0.39, 0.29) is 6.61 Å². The van der Waals surface area contributed by atoms with E-state index in [2.05, 4.69) is 20.8 Å². The number of nitrogens with zero attached hydrogens (tertiary/aromatic N) is 1. The van der Waals surface area contributed by atoms with Crippen molar-refractivity contribution in [1.82, 2.24) is 4.90 Å². The number of rotatable bonds is 6. The molecule has 1 fully saturated rings. The van der Waals surface area contributed by atoms with Crippen LogP contribution in [0.15, 0.2) is 16.6 Å². The summed E-state index contributed by atoms with van der Waals surface area (Å²) in [6.45, 7) is 6.33. The molecular formula is C15H22BrNO2. The third-order valence-corrected chi connectivity index (χ3v) is 4.01. The van der Waals surface area contributed by atoms with Crippen LogP contribution in [0.2, 0.25) is 0 Å². The van der Waals surface area contributed by atoms with Crippen LogP contribution in [0, 0.1) is 6.92 Å². The highest BCUT2D eigenvalue weighted by molar-refractivity contribution is 9.10. The molecule has 1 aliphatic rings. The van der Waals surface area contributed by atoms with Crippen LogP contribution in [0.25, 0.3) is 0 Å². The zero-order valence-corrected chi connectivity index (χ0v) is 13.1. The van der Waals surface area contributed by atoms with E-state index in [9.17, 15) is 5.11 Å². The lowest BCUT2D eigenvalue weighted by Gasteiger charge is -2.16. The molecule has 1 aromatic rings. The standard InChI is InChI=1S/C15H22BrNO2/c1-12-9-14(16)10-13(11-18)15(12)19-8-4-7-17-5-2-3-6-17/h9-10,18H,2-8,11H2,1H3. The van der Waals surface area contributed by atoms with E-state index in [1.165, 1.54) is 25.9 Å². The van der Waals surface area contributed by atoms with Crippen molar-refractivity contribution in [3.63, 3.8) is 0 Å². The van der Waals surface area contributed by atoms with Crippen molar-refractivity contribution in [2.24, 2.45) is 0 Å². The summed E-state index contributed by atoms with van der Waals surface area (Å²) in [4.78, 5) is 2.49. The summed E-state index contributed by atoms with van der Waals surface area (Å²) in [5.74, 6) is 0.840. The normalized spacial score (nSPS) is 15.9. The van der Waals surface area contributed by atoms with Crippen LogP contribution >= 0.6 is 15.9 Å². The highest BCUT2D eigenvalue weighted by Crippen LogP contribution is 2.28. The van der Waals surface area contributed by atoms with Crippen LogP contribution in [0.1, 0.15) is 30.4 Å². The Labute approximate surface area is 123 Å². The molecule has 0 saturated carbocycles. The Bertz CT molecular complexity index is 417. The molecule has 1 heterocycles. The molecule has 1 N–H and O–H groups in total. The molecule has 0 aromatic heterocycles. The first-order valence-electron chi connectivity index (χ1n) is 6.95. The lowest BCUT2D eigenvalue weighted by atomic mass is 10.1. The molecule has 0 atom stereocenters. The average Bonchev–Trinajstić information content (AvgIpc) is 2.89.